The Labute approximate surface area is 137 Å². The molecule has 0 radical (unpaired) electrons. The molecule has 5 nitrogen and oxygen atoms in total. The van der Waals surface area contributed by atoms with Crippen molar-refractivity contribution >= 4 is 16.9 Å². The van der Waals surface area contributed by atoms with Gasteiger partial charge in [-0.05, 0) is 29.8 Å². The lowest BCUT2D eigenvalue weighted by atomic mass is 9.85. The first-order valence-electron chi connectivity index (χ1n) is 7.77. The minimum Gasteiger partial charge on any atom is -0.454 e. The Morgan fingerprint density at radius 3 is 2.79 bits per heavy atom. The van der Waals surface area contributed by atoms with Crippen molar-refractivity contribution in [2.75, 3.05) is 6.79 Å². The van der Waals surface area contributed by atoms with Gasteiger partial charge < -0.3 is 14.2 Å². The molecule has 0 N–H and O–H groups in total. The van der Waals surface area contributed by atoms with Crippen LogP contribution in [0.2, 0.25) is 0 Å². The Hall–Kier alpha value is -3.08. The van der Waals surface area contributed by atoms with Gasteiger partial charge in [-0.2, -0.15) is 0 Å². The Morgan fingerprint density at radius 1 is 1.00 bits per heavy atom. The lowest BCUT2D eigenvalue weighted by Crippen LogP contribution is -2.21. The van der Waals surface area contributed by atoms with E-state index >= 15 is 0 Å². The Balaban J connectivity index is 1.66. The highest BCUT2D eigenvalue weighted by molar-refractivity contribution is 5.82. The lowest BCUT2D eigenvalue weighted by molar-refractivity contribution is -0.135. The first-order chi connectivity index (χ1) is 11.8. The van der Waals surface area contributed by atoms with Gasteiger partial charge in [0.2, 0.25) is 6.79 Å². The Bertz CT molecular complexity index is 982. The fourth-order valence-corrected chi connectivity index (χ4v) is 3.35. The van der Waals surface area contributed by atoms with E-state index in [-0.39, 0.29) is 18.7 Å². The quantitative estimate of drug-likeness (QED) is 0.508. The summed E-state index contributed by atoms with van der Waals surface area (Å²) in [6.07, 6.45) is 2.08. The van der Waals surface area contributed by atoms with E-state index in [1.54, 1.807) is 12.3 Å². The molecule has 24 heavy (non-hydrogen) atoms. The van der Waals surface area contributed by atoms with Gasteiger partial charge in [0.15, 0.2) is 11.5 Å². The third kappa shape index (κ3) is 2.01. The number of benzene rings is 2. The van der Waals surface area contributed by atoms with E-state index < -0.39 is 0 Å². The van der Waals surface area contributed by atoms with E-state index in [9.17, 15) is 4.79 Å². The van der Waals surface area contributed by atoms with Crippen molar-refractivity contribution < 1.29 is 19.0 Å². The van der Waals surface area contributed by atoms with Crippen LogP contribution in [0.4, 0.5) is 0 Å². The van der Waals surface area contributed by atoms with Gasteiger partial charge >= 0.3 is 5.97 Å². The van der Waals surface area contributed by atoms with Crippen LogP contribution in [0.15, 0.2) is 48.7 Å². The summed E-state index contributed by atoms with van der Waals surface area (Å²) in [5, 5.41) is 1.05. The molecule has 5 rings (SSSR count). The summed E-state index contributed by atoms with van der Waals surface area (Å²) >= 11 is 0. The summed E-state index contributed by atoms with van der Waals surface area (Å²) in [6, 6.07) is 13.7. The highest BCUT2D eigenvalue weighted by Gasteiger charge is 2.31. The van der Waals surface area contributed by atoms with Crippen LogP contribution in [-0.4, -0.2) is 17.7 Å². The minimum atomic E-state index is -0.238. The molecular formula is C19H13NO4. The van der Waals surface area contributed by atoms with Gasteiger partial charge in [0.1, 0.15) is 5.75 Å². The molecule has 3 heterocycles. The average molecular weight is 319 g/mol. The minimum absolute atomic E-state index is 0.0691. The predicted octanol–water partition coefficient (Wildman–Crippen LogP) is 3.40. The molecule has 0 fully saturated rings. The van der Waals surface area contributed by atoms with Crippen molar-refractivity contribution in [3.8, 4) is 17.2 Å². The summed E-state index contributed by atoms with van der Waals surface area (Å²) in [4.78, 5) is 16.4. The maximum atomic E-state index is 12.1. The van der Waals surface area contributed by atoms with E-state index in [1.807, 2.05) is 30.3 Å². The smallest absolute Gasteiger partial charge is 0.312 e. The third-order valence-corrected chi connectivity index (χ3v) is 4.50. The molecule has 0 amide bonds. The molecule has 118 valence electrons. The molecule has 2 aliphatic rings. The molecule has 2 aliphatic heterocycles. The van der Waals surface area contributed by atoms with Crippen LogP contribution < -0.4 is 14.2 Å². The number of ether oxygens (including phenoxy) is 3. The van der Waals surface area contributed by atoms with E-state index in [0.717, 1.165) is 22.0 Å². The van der Waals surface area contributed by atoms with Crippen molar-refractivity contribution in [2.24, 2.45) is 0 Å². The Kier molecular flexibility index (Phi) is 2.76. The molecule has 0 spiro atoms. The highest BCUT2D eigenvalue weighted by Crippen LogP contribution is 2.46. The van der Waals surface area contributed by atoms with Crippen LogP contribution in [0.25, 0.3) is 10.9 Å². The van der Waals surface area contributed by atoms with Crippen LogP contribution >= 0.6 is 0 Å². The van der Waals surface area contributed by atoms with Gasteiger partial charge in [-0.3, -0.25) is 9.78 Å². The van der Waals surface area contributed by atoms with Crippen LogP contribution in [0, 0.1) is 0 Å². The van der Waals surface area contributed by atoms with Gasteiger partial charge in [0.05, 0.1) is 11.9 Å². The summed E-state index contributed by atoms with van der Waals surface area (Å²) in [5.41, 5.74) is 2.94. The number of aromatic nitrogens is 1. The van der Waals surface area contributed by atoms with Crippen LogP contribution in [0.5, 0.6) is 17.2 Å². The number of esters is 1. The zero-order valence-corrected chi connectivity index (χ0v) is 12.7. The van der Waals surface area contributed by atoms with Crippen molar-refractivity contribution in [3.63, 3.8) is 0 Å². The van der Waals surface area contributed by atoms with E-state index in [4.69, 9.17) is 14.2 Å². The van der Waals surface area contributed by atoms with Gasteiger partial charge in [-0.1, -0.05) is 12.1 Å². The number of pyridine rings is 1. The van der Waals surface area contributed by atoms with Crippen molar-refractivity contribution in [1.29, 1.82) is 0 Å². The SMILES string of the molecule is O=C1C[C@@H](c2ccc3ncccc3c2)c2cc3c(cc2O1)OCO3. The van der Waals surface area contributed by atoms with Crippen molar-refractivity contribution in [2.45, 2.75) is 12.3 Å². The normalized spacial score (nSPS) is 18.3. The summed E-state index contributed by atoms with van der Waals surface area (Å²) < 4.78 is 16.3. The first kappa shape index (κ1) is 13.4. The Morgan fingerprint density at radius 2 is 1.88 bits per heavy atom. The third-order valence-electron chi connectivity index (χ3n) is 4.50. The predicted molar refractivity (Wildman–Crippen MR) is 86.4 cm³/mol. The number of hydrogen-bond donors (Lipinski definition) is 0. The molecule has 3 aromatic rings. The van der Waals surface area contributed by atoms with Crippen LogP contribution in [-0.2, 0) is 4.79 Å². The molecule has 1 aromatic heterocycles. The molecule has 0 bridgehead atoms. The number of nitrogens with zero attached hydrogens (tertiary/aromatic N) is 1. The number of hydrogen-bond acceptors (Lipinski definition) is 5. The second-order valence-electron chi connectivity index (χ2n) is 5.93. The van der Waals surface area contributed by atoms with Crippen LogP contribution in [0.3, 0.4) is 0 Å². The monoisotopic (exact) mass is 319 g/mol. The fraction of sp³-hybridized carbons (Fsp3) is 0.158. The van der Waals surface area contributed by atoms with Crippen molar-refractivity contribution in [3.05, 3.63) is 59.8 Å². The van der Waals surface area contributed by atoms with E-state index in [1.165, 1.54) is 0 Å². The molecule has 5 heteroatoms. The summed E-state index contributed by atoms with van der Waals surface area (Å²) in [5.74, 6) is 1.55. The molecular weight excluding hydrogens is 306 g/mol. The first-order valence-corrected chi connectivity index (χ1v) is 7.77. The molecule has 1 atom stereocenters. The maximum Gasteiger partial charge on any atom is 0.312 e. The largest absolute Gasteiger partial charge is 0.454 e. The number of rotatable bonds is 1. The topological polar surface area (TPSA) is 57.7 Å². The number of fused-ring (bicyclic) bond motifs is 3. The van der Waals surface area contributed by atoms with E-state index in [0.29, 0.717) is 23.7 Å². The molecule has 0 saturated carbocycles. The molecule has 0 saturated heterocycles. The van der Waals surface area contributed by atoms with Gasteiger partial charge in [0.25, 0.3) is 0 Å². The van der Waals surface area contributed by atoms with Crippen LogP contribution in [0.1, 0.15) is 23.5 Å². The number of carbonyl (C=O) groups is 1. The molecule has 0 aliphatic carbocycles. The maximum absolute atomic E-state index is 12.1. The van der Waals surface area contributed by atoms with Gasteiger partial charge in [-0.15, -0.1) is 0 Å². The molecule has 0 unspecified atom stereocenters. The lowest BCUT2D eigenvalue weighted by Gasteiger charge is -2.25. The second kappa shape index (κ2) is 4.96. The van der Waals surface area contributed by atoms with Gasteiger partial charge in [-0.25, -0.2) is 0 Å². The highest BCUT2D eigenvalue weighted by atomic mass is 16.7. The zero-order valence-electron chi connectivity index (χ0n) is 12.7. The standard InChI is InChI=1S/C19H13NO4/c21-19-8-13(11-3-4-15-12(6-11)2-1-5-20-15)14-7-17-18(23-10-22-17)9-16(14)24-19/h1-7,9,13H,8,10H2/t13-/m0/s1. The number of carbonyl (C=O) groups excluding carboxylic acids is 1. The molecule has 2 aromatic carbocycles. The van der Waals surface area contributed by atoms with E-state index in [2.05, 4.69) is 11.1 Å². The summed E-state index contributed by atoms with van der Waals surface area (Å²) in [6.45, 7) is 0.193. The van der Waals surface area contributed by atoms with Crippen molar-refractivity contribution in [1.82, 2.24) is 4.98 Å². The van der Waals surface area contributed by atoms with Gasteiger partial charge in [0, 0.05) is 29.1 Å². The fourth-order valence-electron chi connectivity index (χ4n) is 3.35. The average Bonchev–Trinajstić information content (AvgIpc) is 3.06. The zero-order chi connectivity index (χ0) is 16.1. The second-order valence-corrected chi connectivity index (χ2v) is 5.93. The summed E-state index contributed by atoms with van der Waals surface area (Å²) in [7, 11) is 0.